The van der Waals surface area contributed by atoms with Gasteiger partial charge in [0, 0.05) is 5.56 Å². The van der Waals surface area contributed by atoms with Crippen molar-refractivity contribution in [2.45, 2.75) is 0 Å². The van der Waals surface area contributed by atoms with Gasteiger partial charge in [0.05, 0.1) is 18.9 Å². The van der Waals surface area contributed by atoms with Crippen molar-refractivity contribution in [3.8, 4) is 5.75 Å². The van der Waals surface area contributed by atoms with Gasteiger partial charge in [-0.1, -0.05) is 0 Å². The highest BCUT2D eigenvalue weighted by atomic mass is 16.5. The number of ether oxygens (including phenoxy) is 2. The largest absolute Gasteiger partial charge is 0.497 e. The molecule has 4 nitrogen and oxygen atoms in total. The zero-order valence-corrected chi connectivity index (χ0v) is 10.8. The summed E-state index contributed by atoms with van der Waals surface area (Å²) < 4.78 is 15.5. The SMILES string of the molecule is COc1ccc(C2=CC(=Cc3ccco3)C(=O)O2)cc1. The van der Waals surface area contributed by atoms with E-state index >= 15 is 0 Å². The Morgan fingerprint density at radius 3 is 2.60 bits per heavy atom. The highest BCUT2D eigenvalue weighted by molar-refractivity contribution is 6.04. The molecular formula is C16H12O4. The molecule has 20 heavy (non-hydrogen) atoms. The molecule has 0 fully saturated rings. The molecule has 0 saturated heterocycles. The molecule has 0 radical (unpaired) electrons. The topological polar surface area (TPSA) is 48.7 Å². The van der Waals surface area contributed by atoms with Crippen LogP contribution in [0.3, 0.4) is 0 Å². The molecule has 1 aromatic heterocycles. The summed E-state index contributed by atoms with van der Waals surface area (Å²) in [5.74, 6) is 1.51. The number of furan rings is 1. The Labute approximate surface area is 115 Å². The number of esters is 1. The van der Waals surface area contributed by atoms with Crippen LogP contribution in [0.4, 0.5) is 0 Å². The maximum atomic E-state index is 11.8. The minimum absolute atomic E-state index is 0.382. The number of carbonyl (C=O) groups excluding carboxylic acids is 1. The van der Waals surface area contributed by atoms with E-state index in [4.69, 9.17) is 13.9 Å². The Hall–Kier alpha value is -2.75. The predicted octanol–water partition coefficient (Wildman–Crippen LogP) is 3.27. The van der Waals surface area contributed by atoms with Gasteiger partial charge in [0.15, 0.2) is 0 Å². The molecule has 3 rings (SSSR count). The first-order valence-corrected chi connectivity index (χ1v) is 6.10. The van der Waals surface area contributed by atoms with E-state index in [1.807, 2.05) is 24.3 Å². The summed E-state index contributed by atoms with van der Waals surface area (Å²) >= 11 is 0. The van der Waals surface area contributed by atoms with Crippen LogP contribution in [0.5, 0.6) is 5.75 Å². The van der Waals surface area contributed by atoms with Crippen molar-refractivity contribution >= 4 is 17.8 Å². The fraction of sp³-hybridized carbons (Fsp3) is 0.0625. The lowest BCUT2D eigenvalue weighted by molar-refractivity contribution is -0.130. The van der Waals surface area contributed by atoms with Gasteiger partial charge in [-0.15, -0.1) is 0 Å². The summed E-state index contributed by atoms with van der Waals surface area (Å²) in [5.41, 5.74) is 1.28. The Morgan fingerprint density at radius 1 is 1.15 bits per heavy atom. The zero-order valence-electron chi connectivity index (χ0n) is 10.8. The molecule has 2 aromatic rings. The lowest BCUT2D eigenvalue weighted by Crippen LogP contribution is -1.97. The van der Waals surface area contributed by atoms with Crippen LogP contribution in [0.15, 0.2) is 58.7 Å². The Morgan fingerprint density at radius 2 is 1.95 bits per heavy atom. The first-order chi connectivity index (χ1) is 9.76. The van der Waals surface area contributed by atoms with Gasteiger partial charge in [-0.05, 0) is 48.6 Å². The van der Waals surface area contributed by atoms with Gasteiger partial charge in [0.1, 0.15) is 17.3 Å². The van der Waals surface area contributed by atoms with Crippen LogP contribution in [-0.2, 0) is 9.53 Å². The lowest BCUT2D eigenvalue weighted by atomic mass is 10.1. The fourth-order valence-corrected chi connectivity index (χ4v) is 1.91. The van der Waals surface area contributed by atoms with Crippen molar-refractivity contribution < 1.29 is 18.7 Å². The molecule has 2 heterocycles. The Kier molecular flexibility index (Phi) is 3.13. The van der Waals surface area contributed by atoms with E-state index in [1.54, 1.807) is 37.7 Å². The van der Waals surface area contributed by atoms with Gasteiger partial charge < -0.3 is 13.9 Å². The fourth-order valence-electron chi connectivity index (χ4n) is 1.91. The third-order valence-corrected chi connectivity index (χ3v) is 2.94. The number of methoxy groups -OCH3 is 1. The smallest absolute Gasteiger partial charge is 0.343 e. The molecule has 1 aliphatic heterocycles. The van der Waals surface area contributed by atoms with Crippen molar-refractivity contribution in [2.24, 2.45) is 0 Å². The second kappa shape index (κ2) is 5.09. The second-order valence-corrected chi connectivity index (χ2v) is 4.24. The highest BCUT2D eigenvalue weighted by Gasteiger charge is 2.22. The molecule has 0 atom stereocenters. The number of benzene rings is 1. The van der Waals surface area contributed by atoms with Crippen LogP contribution < -0.4 is 4.74 Å². The summed E-state index contributed by atoms with van der Waals surface area (Å²) in [6.07, 6.45) is 4.91. The van der Waals surface area contributed by atoms with E-state index in [9.17, 15) is 4.79 Å². The molecule has 0 amide bonds. The van der Waals surface area contributed by atoms with Crippen LogP contribution in [0.25, 0.3) is 11.8 Å². The molecule has 0 N–H and O–H groups in total. The molecular weight excluding hydrogens is 256 g/mol. The molecule has 0 aliphatic carbocycles. The standard InChI is InChI=1S/C16H12O4/c1-18-13-6-4-11(5-7-13)15-10-12(16(17)20-15)9-14-3-2-8-19-14/h2-10H,1H3. The number of cyclic esters (lactones) is 1. The van der Waals surface area contributed by atoms with Gasteiger partial charge in [-0.2, -0.15) is 0 Å². The number of rotatable bonds is 3. The van der Waals surface area contributed by atoms with Crippen LogP contribution in [0, 0.1) is 0 Å². The van der Waals surface area contributed by atoms with Crippen molar-refractivity contribution in [3.63, 3.8) is 0 Å². The van der Waals surface area contributed by atoms with Gasteiger partial charge in [0.2, 0.25) is 0 Å². The molecule has 1 aliphatic rings. The van der Waals surface area contributed by atoms with Crippen LogP contribution in [0.1, 0.15) is 11.3 Å². The monoisotopic (exact) mass is 268 g/mol. The van der Waals surface area contributed by atoms with E-state index in [2.05, 4.69) is 0 Å². The number of hydrogen-bond acceptors (Lipinski definition) is 4. The first-order valence-electron chi connectivity index (χ1n) is 6.10. The van der Waals surface area contributed by atoms with Crippen molar-refractivity contribution in [3.05, 3.63) is 65.6 Å². The normalized spacial score (nSPS) is 16.1. The maximum absolute atomic E-state index is 11.8. The summed E-state index contributed by atoms with van der Waals surface area (Å²) in [6.45, 7) is 0. The van der Waals surface area contributed by atoms with Gasteiger partial charge in [0.25, 0.3) is 0 Å². The molecule has 100 valence electrons. The van der Waals surface area contributed by atoms with Crippen molar-refractivity contribution in [1.29, 1.82) is 0 Å². The molecule has 0 bridgehead atoms. The molecule has 0 saturated carbocycles. The van der Waals surface area contributed by atoms with E-state index < -0.39 is 0 Å². The van der Waals surface area contributed by atoms with Crippen LogP contribution in [0.2, 0.25) is 0 Å². The lowest BCUT2D eigenvalue weighted by Gasteiger charge is -2.03. The third kappa shape index (κ3) is 2.36. The van der Waals surface area contributed by atoms with Crippen LogP contribution in [-0.4, -0.2) is 13.1 Å². The first kappa shape index (κ1) is 12.3. The quantitative estimate of drug-likeness (QED) is 0.633. The molecule has 4 heteroatoms. The van der Waals surface area contributed by atoms with Crippen LogP contribution >= 0.6 is 0 Å². The Balaban J connectivity index is 1.89. The van der Waals surface area contributed by atoms with E-state index in [0.29, 0.717) is 17.1 Å². The van der Waals surface area contributed by atoms with Gasteiger partial charge in [-0.3, -0.25) is 0 Å². The second-order valence-electron chi connectivity index (χ2n) is 4.24. The molecule has 0 unspecified atom stereocenters. The minimum Gasteiger partial charge on any atom is -0.497 e. The number of carbonyl (C=O) groups is 1. The van der Waals surface area contributed by atoms with E-state index in [1.165, 1.54) is 0 Å². The maximum Gasteiger partial charge on any atom is 0.343 e. The highest BCUT2D eigenvalue weighted by Crippen LogP contribution is 2.28. The Bertz CT molecular complexity index is 676. The average Bonchev–Trinajstić information content (AvgIpc) is 3.10. The summed E-state index contributed by atoms with van der Waals surface area (Å²) in [4.78, 5) is 11.8. The third-order valence-electron chi connectivity index (χ3n) is 2.94. The summed E-state index contributed by atoms with van der Waals surface area (Å²) in [6, 6.07) is 10.9. The summed E-state index contributed by atoms with van der Waals surface area (Å²) in [5, 5.41) is 0. The van der Waals surface area contributed by atoms with Crippen molar-refractivity contribution in [2.75, 3.05) is 7.11 Å². The number of hydrogen-bond donors (Lipinski definition) is 0. The van der Waals surface area contributed by atoms with Gasteiger partial charge >= 0.3 is 5.97 Å². The molecule has 0 spiro atoms. The van der Waals surface area contributed by atoms with Gasteiger partial charge in [-0.25, -0.2) is 4.79 Å². The summed E-state index contributed by atoms with van der Waals surface area (Å²) in [7, 11) is 1.61. The van der Waals surface area contributed by atoms with Crippen molar-refractivity contribution in [1.82, 2.24) is 0 Å². The molecule has 1 aromatic carbocycles. The predicted molar refractivity (Wildman–Crippen MR) is 73.7 cm³/mol. The van der Waals surface area contributed by atoms with E-state index in [-0.39, 0.29) is 5.97 Å². The average molecular weight is 268 g/mol. The zero-order chi connectivity index (χ0) is 13.9. The van der Waals surface area contributed by atoms with E-state index in [0.717, 1.165) is 11.3 Å². The minimum atomic E-state index is -0.382.